The third-order valence-electron chi connectivity index (χ3n) is 2.86. The topological polar surface area (TPSA) is 98.7 Å². The number of urea groups is 1. The Hall–Kier alpha value is -1.56. The molecule has 1 atom stereocenters. The molecule has 2 amide bonds. The highest BCUT2D eigenvalue weighted by atomic mass is 16.4. The summed E-state index contributed by atoms with van der Waals surface area (Å²) in [6, 6.07) is -0.328. The van der Waals surface area contributed by atoms with E-state index in [9.17, 15) is 9.59 Å². The molecule has 1 aliphatic carbocycles. The Morgan fingerprint density at radius 3 is 2.67 bits per heavy atom. The van der Waals surface area contributed by atoms with Gasteiger partial charge in [0.25, 0.3) is 0 Å². The lowest BCUT2D eigenvalue weighted by Gasteiger charge is -2.09. The SMILES string of the molecule is O=C(NCCC1=CCCC1)NCC[C@H](O)C(=O)O. The standard InChI is InChI=1S/C12H20N2O4/c15-10(11(16)17)6-8-14-12(18)13-7-5-9-3-1-2-4-9/h3,10,15H,1-2,4-8H2,(H,16,17)(H2,13,14,18)/t10-/m0/s1. The van der Waals surface area contributed by atoms with E-state index < -0.39 is 12.1 Å². The molecule has 0 bridgehead atoms. The summed E-state index contributed by atoms with van der Waals surface area (Å²) in [5.41, 5.74) is 1.39. The van der Waals surface area contributed by atoms with E-state index in [1.165, 1.54) is 12.0 Å². The second-order valence-corrected chi connectivity index (χ2v) is 4.33. The highest BCUT2D eigenvalue weighted by Gasteiger charge is 2.12. The lowest BCUT2D eigenvalue weighted by Crippen LogP contribution is -2.38. The van der Waals surface area contributed by atoms with Crippen LogP contribution in [-0.2, 0) is 4.79 Å². The maximum Gasteiger partial charge on any atom is 0.332 e. The van der Waals surface area contributed by atoms with Gasteiger partial charge in [-0.25, -0.2) is 9.59 Å². The number of carbonyl (C=O) groups is 2. The Morgan fingerprint density at radius 1 is 1.33 bits per heavy atom. The van der Waals surface area contributed by atoms with Crippen LogP contribution in [0.15, 0.2) is 11.6 Å². The van der Waals surface area contributed by atoms with E-state index in [0.717, 1.165) is 19.3 Å². The summed E-state index contributed by atoms with van der Waals surface area (Å²) in [6.45, 7) is 0.723. The Bertz CT molecular complexity index is 328. The minimum absolute atomic E-state index is 0.00784. The van der Waals surface area contributed by atoms with E-state index >= 15 is 0 Å². The van der Waals surface area contributed by atoms with E-state index in [2.05, 4.69) is 16.7 Å². The van der Waals surface area contributed by atoms with Crippen LogP contribution in [0, 0.1) is 0 Å². The van der Waals surface area contributed by atoms with Crippen molar-refractivity contribution in [3.63, 3.8) is 0 Å². The van der Waals surface area contributed by atoms with Crippen LogP contribution in [0.25, 0.3) is 0 Å². The molecule has 18 heavy (non-hydrogen) atoms. The molecule has 102 valence electrons. The summed E-state index contributed by atoms with van der Waals surface area (Å²) >= 11 is 0. The molecule has 0 saturated heterocycles. The molecule has 1 rings (SSSR count). The summed E-state index contributed by atoms with van der Waals surface area (Å²) in [4.78, 5) is 21.6. The van der Waals surface area contributed by atoms with Crippen LogP contribution in [0.1, 0.15) is 32.1 Å². The number of carboxylic acids is 1. The maximum atomic E-state index is 11.3. The molecule has 0 aromatic carbocycles. The van der Waals surface area contributed by atoms with Crippen molar-refractivity contribution in [1.29, 1.82) is 0 Å². The first-order valence-corrected chi connectivity index (χ1v) is 6.20. The number of aliphatic hydroxyl groups is 1. The molecule has 0 fully saturated rings. The molecule has 0 saturated carbocycles. The molecule has 6 heteroatoms. The van der Waals surface area contributed by atoms with Crippen molar-refractivity contribution in [2.75, 3.05) is 13.1 Å². The number of allylic oxidation sites excluding steroid dienone is 1. The Balaban J connectivity index is 2.01. The van der Waals surface area contributed by atoms with Gasteiger partial charge in [0, 0.05) is 19.5 Å². The number of carbonyl (C=O) groups excluding carboxylic acids is 1. The van der Waals surface area contributed by atoms with Gasteiger partial charge in [-0.1, -0.05) is 11.6 Å². The summed E-state index contributed by atoms with van der Waals surface area (Å²) < 4.78 is 0. The zero-order chi connectivity index (χ0) is 13.4. The average Bonchev–Trinajstić information content (AvgIpc) is 2.81. The monoisotopic (exact) mass is 256 g/mol. The van der Waals surface area contributed by atoms with Gasteiger partial charge in [-0.2, -0.15) is 0 Å². The van der Waals surface area contributed by atoms with Gasteiger partial charge >= 0.3 is 12.0 Å². The molecule has 1 aliphatic rings. The molecule has 0 aliphatic heterocycles. The maximum absolute atomic E-state index is 11.3. The van der Waals surface area contributed by atoms with Crippen molar-refractivity contribution in [3.8, 4) is 0 Å². The lowest BCUT2D eigenvalue weighted by atomic mass is 10.2. The van der Waals surface area contributed by atoms with Crippen molar-refractivity contribution in [1.82, 2.24) is 10.6 Å². The van der Waals surface area contributed by atoms with Gasteiger partial charge in [0.15, 0.2) is 6.10 Å². The molecule has 0 aromatic rings. The fraction of sp³-hybridized carbons (Fsp3) is 0.667. The van der Waals surface area contributed by atoms with Gasteiger partial charge < -0.3 is 20.8 Å². The molecular formula is C12H20N2O4. The van der Waals surface area contributed by atoms with E-state index in [0.29, 0.717) is 6.54 Å². The molecule has 0 aromatic heterocycles. The second-order valence-electron chi connectivity index (χ2n) is 4.33. The second kappa shape index (κ2) is 7.71. The van der Waals surface area contributed by atoms with Gasteiger partial charge in [0.1, 0.15) is 0 Å². The van der Waals surface area contributed by atoms with Crippen LogP contribution in [0.2, 0.25) is 0 Å². The van der Waals surface area contributed by atoms with Gasteiger partial charge in [0.2, 0.25) is 0 Å². The molecule has 0 spiro atoms. The van der Waals surface area contributed by atoms with Crippen LogP contribution < -0.4 is 10.6 Å². The fourth-order valence-corrected chi connectivity index (χ4v) is 1.81. The van der Waals surface area contributed by atoms with E-state index in [-0.39, 0.29) is 19.0 Å². The first-order chi connectivity index (χ1) is 8.59. The van der Waals surface area contributed by atoms with Crippen LogP contribution in [0.3, 0.4) is 0 Å². The van der Waals surface area contributed by atoms with Crippen molar-refractivity contribution in [2.45, 2.75) is 38.2 Å². The van der Waals surface area contributed by atoms with Crippen LogP contribution in [-0.4, -0.2) is 41.4 Å². The molecule has 0 radical (unpaired) electrons. The number of hydrogen-bond donors (Lipinski definition) is 4. The number of amides is 2. The summed E-state index contributed by atoms with van der Waals surface area (Å²) in [7, 11) is 0. The fourth-order valence-electron chi connectivity index (χ4n) is 1.81. The average molecular weight is 256 g/mol. The van der Waals surface area contributed by atoms with Crippen LogP contribution in [0.5, 0.6) is 0 Å². The van der Waals surface area contributed by atoms with Crippen molar-refractivity contribution >= 4 is 12.0 Å². The predicted molar refractivity (Wildman–Crippen MR) is 66.2 cm³/mol. The first kappa shape index (κ1) is 14.5. The van der Waals surface area contributed by atoms with Crippen molar-refractivity contribution in [2.24, 2.45) is 0 Å². The number of aliphatic hydroxyl groups excluding tert-OH is 1. The van der Waals surface area contributed by atoms with Gasteiger partial charge in [-0.3, -0.25) is 0 Å². The Labute approximate surface area is 106 Å². The largest absolute Gasteiger partial charge is 0.479 e. The summed E-state index contributed by atoms with van der Waals surface area (Å²) in [6.07, 6.45) is 5.12. The summed E-state index contributed by atoms with van der Waals surface area (Å²) in [5.74, 6) is -1.27. The number of hydrogen-bond acceptors (Lipinski definition) is 3. The third-order valence-corrected chi connectivity index (χ3v) is 2.86. The minimum Gasteiger partial charge on any atom is -0.479 e. The number of nitrogens with one attached hydrogen (secondary N) is 2. The van der Waals surface area contributed by atoms with Gasteiger partial charge in [0.05, 0.1) is 0 Å². The summed E-state index contributed by atoms with van der Waals surface area (Å²) in [5, 5.41) is 22.6. The quantitative estimate of drug-likeness (QED) is 0.502. The zero-order valence-corrected chi connectivity index (χ0v) is 10.3. The van der Waals surface area contributed by atoms with Crippen LogP contribution >= 0.6 is 0 Å². The van der Waals surface area contributed by atoms with Crippen molar-refractivity contribution < 1.29 is 19.8 Å². The lowest BCUT2D eigenvalue weighted by molar-refractivity contribution is -0.146. The van der Waals surface area contributed by atoms with Crippen molar-refractivity contribution in [3.05, 3.63) is 11.6 Å². The van der Waals surface area contributed by atoms with E-state index in [1.54, 1.807) is 0 Å². The minimum atomic E-state index is -1.42. The highest BCUT2D eigenvalue weighted by Crippen LogP contribution is 2.19. The van der Waals surface area contributed by atoms with Gasteiger partial charge in [-0.05, 0) is 25.7 Å². The third kappa shape index (κ3) is 5.67. The number of carboxylic acid groups (broad SMARTS) is 1. The molecule has 6 nitrogen and oxygen atoms in total. The molecule has 0 unspecified atom stereocenters. The smallest absolute Gasteiger partial charge is 0.332 e. The Morgan fingerprint density at radius 2 is 2.06 bits per heavy atom. The molecule has 0 heterocycles. The van der Waals surface area contributed by atoms with Gasteiger partial charge in [-0.15, -0.1) is 0 Å². The molecular weight excluding hydrogens is 236 g/mol. The van der Waals surface area contributed by atoms with Crippen LogP contribution in [0.4, 0.5) is 4.79 Å². The normalized spacial score (nSPS) is 15.9. The number of rotatable bonds is 7. The molecule has 4 N–H and O–H groups in total. The highest BCUT2D eigenvalue weighted by molar-refractivity contribution is 5.74. The number of aliphatic carboxylic acids is 1. The van der Waals surface area contributed by atoms with E-state index in [4.69, 9.17) is 10.2 Å². The first-order valence-electron chi connectivity index (χ1n) is 6.20. The van der Waals surface area contributed by atoms with E-state index in [1.807, 2.05) is 0 Å². The Kier molecular flexibility index (Phi) is 6.21. The zero-order valence-electron chi connectivity index (χ0n) is 10.3. The predicted octanol–water partition coefficient (Wildman–Crippen LogP) is 0.622.